The zero-order valence-corrected chi connectivity index (χ0v) is 27.0. The fraction of sp³-hybridized carbons (Fsp3) is 0.167. The number of nitrogens with zero attached hydrogens (tertiary/aromatic N) is 4. The van der Waals surface area contributed by atoms with Gasteiger partial charge in [-0.3, -0.25) is 9.59 Å². The highest BCUT2D eigenvalue weighted by Gasteiger charge is 2.69. The first kappa shape index (κ1) is 29.5. The molecule has 3 aliphatic rings. The lowest BCUT2D eigenvalue weighted by atomic mass is 9.53. The van der Waals surface area contributed by atoms with Crippen LogP contribution in [-0.2, 0) is 21.5 Å². The highest BCUT2D eigenvalue weighted by molar-refractivity contribution is 9.10. The number of para-hydroxylation sites is 1. The molecular formula is C36H26BrClN4O5. The van der Waals surface area contributed by atoms with Gasteiger partial charge in [0.25, 0.3) is 0 Å². The third-order valence-electron chi connectivity index (χ3n) is 9.74. The van der Waals surface area contributed by atoms with E-state index in [2.05, 4.69) is 15.9 Å². The van der Waals surface area contributed by atoms with E-state index in [1.54, 1.807) is 72.8 Å². The molecule has 1 aliphatic carbocycles. The van der Waals surface area contributed by atoms with E-state index in [0.717, 1.165) is 4.57 Å². The third-order valence-corrected chi connectivity index (χ3v) is 10.5. The number of hydrogen-bond donors (Lipinski definition) is 1. The molecule has 0 bridgehead atoms. The zero-order chi connectivity index (χ0) is 32.6. The summed E-state index contributed by atoms with van der Waals surface area (Å²) >= 11 is 9.90. The van der Waals surface area contributed by atoms with E-state index in [-0.39, 0.29) is 18.7 Å². The van der Waals surface area contributed by atoms with Gasteiger partial charge >= 0.3 is 11.4 Å². The fourth-order valence-corrected chi connectivity index (χ4v) is 8.47. The normalized spacial score (nSPS) is 23.2. The first-order chi connectivity index (χ1) is 22.7. The summed E-state index contributed by atoms with van der Waals surface area (Å²) in [5.74, 6) is -2.83. The van der Waals surface area contributed by atoms with Gasteiger partial charge in [0.15, 0.2) is 0 Å². The zero-order valence-electron chi connectivity index (χ0n) is 24.7. The van der Waals surface area contributed by atoms with Crippen LogP contribution in [0.2, 0.25) is 5.02 Å². The second kappa shape index (κ2) is 10.8. The maximum absolute atomic E-state index is 15.2. The molecule has 1 N–H and O–H groups in total. The van der Waals surface area contributed by atoms with E-state index < -0.39 is 46.5 Å². The van der Waals surface area contributed by atoms with Gasteiger partial charge in [0.1, 0.15) is 5.75 Å². The monoisotopic (exact) mass is 708 g/mol. The maximum atomic E-state index is 15.2. The van der Waals surface area contributed by atoms with Crippen molar-refractivity contribution in [3.8, 4) is 11.4 Å². The van der Waals surface area contributed by atoms with Crippen LogP contribution in [-0.4, -0.2) is 30.9 Å². The fourth-order valence-electron chi connectivity index (χ4n) is 7.90. The number of hydrogen-bond acceptors (Lipinski definition) is 5. The molecule has 1 saturated heterocycles. The largest absolute Gasteiger partial charge is 0.508 e. The number of carbonyl (C=O) groups excluding carboxylic acids is 2. The Balaban J connectivity index is 1.43. The number of imide groups is 1. The lowest BCUT2D eigenvalue weighted by molar-refractivity contribution is -0.124. The predicted molar refractivity (Wildman–Crippen MR) is 180 cm³/mol. The molecule has 1 aromatic heterocycles. The Labute approximate surface area is 281 Å². The summed E-state index contributed by atoms with van der Waals surface area (Å²) < 4.78 is 4.59. The van der Waals surface area contributed by atoms with E-state index in [1.165, 1.54) is 14.3 Å². The third kappa shape index (κ3) is 4.14. The summed E-state index contributed by atoms with van der Waals surface area (Å²) in [6.45, 7) is 0.0562. The average Bonchev–Trinajstić information content (AvgIpc) is 3.47. The average molecular weight is 710 g/mol. The molecule has 3 heterocycles. The Morgan fingerprint density at radius 2 is 1.51 bits per heavy atom. The van der Waals surface area contributed by atoms with E-state index >= 15 is 4.79 Å². The molecule has 234 valence electrons. The molecule has 0 unspecified atom stereocenters. The second-order valence-corrected chi connectivity index (χ2v) is 13.4. The Morgan fingerprint density at radius 1 is 0.809 bits per heavy atom. The van der Waals surface area contributed by atoms with Gasteiger partial charge < -0.3 is 5.11 Å². The van der Waals surface area contributed by atoms with Crippen molar-refractivity contribution in [1.29, 1.82) is 0 Å². The van der Waals surface area contributed by atoms with Gasteiger partial charge in [0, 0.05) is 21.0 Å². The van der Waals surface area contributed by atoms with E-state index in [1.807, 2.05) is 36.4 Å². The number of anilines is 1. The van der Waals surface area contributed by atoms with Crippen molar-refractivity contribution in [1.82, 2.24) is 13.9 Å². The summed E-state index contributed by atoms with van der Waals surface area (Å²) in [4.78, 5) is 59.1. The smallest absolute Gasteiger partial charge is 0.352 e. The van der Waals surface area contributed by atoms with Crippen LogP contribution < -0.4 is 16.3 Å². The van der Waals surface area contributed by atoms with Crippen LogP contribution in [0.1, 0.15) is 29.5 Å². The van der Waals surface area contributed by atoms with Gasteiger partial charge in [-0.15, -0.1) is 0 Å². The number of aromatic nitrogens is 3. The van der Waals surface area contributed by atoms with Crippen molar-refractivity contribution >= 4 is 45.0 Å². The molecule has 4 aromatic carbocycles. The number of amides is 2. The Morgan fingerprint density at radius 3 is 2.23 bits per heavy atom. The van der Waals surface area contributed by atoms with E-state index in [4.69, 9.17) is 11.6 Å². The molecule has 47 heavy (non-hydrogen) atoms. The molecule has 8 rings (SSSR count). The minimum absolute atomic E-state index is 0.0562. The van der Waals surface area contributed by atoms with Crippen LogP contribution in [0.4, 0.5) is 5.69 Å². The predicted octanol–water partition coefficient (Wildman–Crippen LogP) is 5.72. The van der Waals surface area contributed by atoms with Gasteiger partial charge in [-0.1, -0.05) is 88.2 Å². The summed E-state index contributed by atoms with van der Waals surface area (Å²) in [5.41, 5.74) is -0.116. The molecule has 1 saturated carbocycles. The molecule has 0 radical (unpaired) electrons. The number of carbonyl (C=O) groups is 2. The van der Waals surface area contributed by atoms with Crippen molar-refractivity contribution in [3.63, 3.8) is 0 Å². The topological polar surface area (TPSA) is 107 Å². The molecule has 9 nitrogen and oxygen atoms in total. The first-order valence-corrected chi connectivity index (χ1v) is 16.3. The number of phenols is 1. The Bertz CT molecular complexity index is 2260. The number of aromatic hydroxyl groups is 1. The number of phenolic OH excluding ortho intramolecular Hbond substituents is 1. The SMILES string of the molecule is O=C1[C@@H]2C[C@@H]3C(=CCn4c(=O)n(-c5ccccc5)c(=O)n43)[C@H](c3cc(Br)ccc3O)[C@]2(c2ccccc2)C(=O)N1c1cccc(Cl)c1. The summed E-state index contributed by atoms with van der Waals surface area (Å²) in [5, 5.41) is 11.8. The van der Waals surface area contributed by atoms with Crippen molar-refractivity contribution in [2.75, 3.05) is 4.90 Å². The first-order valence-electron chi connectivity index (χ1n) is 15.1. The van der Waals surface area contributed by atoms with Gasteiger partial charge in [0.2, 0.25) is 11.8 Å². The summed E-state index contributed by atoms with van der Waals surface area (Å²) in [7, 11) is 0. The van der Waals surface area contributed by atoms with Gasteiger partial charge in [-0.05, 0) is 66.1 Å². The van der Waals surface area contributed by atoms with Gasteiger partial charge in [-0.25, -0.2) is 28.4 Å². The van der Waals surface area contributed by atoms with Crippen LogP contribution >= 0.6 is 27.5 Å². The summed E-state index contributed by atoms with van der Waals surface area (Å²) in [6, 6.07) is 28.6. The van der Waals surface area contributed by atoms with Gasteiger partial charge in [0.05, 0.1) is 35.3 Å². The van der Waals surface area contributed by atoms with Crippen LogP contribution in [0.5, 0.6) is 5.75 Å². The number of allylic oxidation sites excluding steroid dienone is 2. The maximum Gasteiger partial charge on any atom is 0.352 e. The number of benzene rings is 4. The van der Waals surface area contributed by atoms with Crippen molar-refractivity contribution in [2.45, 2.75) is 30.3 Å². The van der Waals surface area contributed by atoms with Crippen LogP contribution in [0.15, 0.2) is 129 Å². The van der Waals surface area contributed by atoms with Gasteiger partial charge in [-0.2, -0.15) is 0 Å². The van der Waals surface area contributed by atoms with Crippen molar-refractivity contribution in [2.24, 2.45) is 5.92 Å². The van der Waals surface area contributed by atoms with E-state index in [9.17, 15) is 19.5 Å². The minimum atomic E-state index is -1.50. The lowest BCUT2D eigenvalue weighted by Crippen LogP contribution is -2.53. The molecule has 4 atom stereocenters. The number of fused-ring (bicyclic) bond motifs is 4. The molecule has 11 heteroatoms. The van der Waals surface area contributed by atoms with E-state index in [0.29, 0.717) is 37.6 Å². The highest BCUT2D eigenvalue weighted by Crippen LogP contribution is 2.63. The molecular weight excluding hydrogens is 684 g/mol. The second-order valence-electron chi connectivity index (χ2n) is 12.0. The van der Waals surface area contributed by atoms with Crippen LogP contribution in [0.25, 0.3) is 5.69 Å². The lowest BCUT2D eigenvalue weighted by Gasteiger charge is -2.49. The standard InChI is InChI=1S/C36H26BrClN4O5/c37-22-14-15-30(43)27(18-22)31-26-16-17-39-34(46)41(24-11-5-2-6-12-24)35(47)42(39)29(26)20-28-32(44)40(25-13-7-10-23(38)19-25)33(45)36(28,31)21-8-3-1-4-9-21/h1-16,18-19,28-29,31,43H,17,20H2/t28-,29+,31+,36+/m0/s1. The van der Waals surface area contributed by atoms with Crippen molar-refractivity contribution < 1.29 is 14.7 Å². The molecule has 2 aliphatic heterocycles. The molecule has 0 spiro atoms. The Kier molecular flexibility index (Phi) is 6.78. The molecule has 2 fully saturated rings. The summed E-state index contributed by atoms with van der Waals surface area (Å²) in [6.07, 6.45) is 1.93. The van der Waals surface area contributed by atoms with Crippen LogP contribution in [0, 0.1) is 5.92 Å². The van der Waals surface area contributed by atoms with Crippen molar-refractivity contribution in [3.05, 3.63) is 156 Å². The molecule has 2 amide bonds. The number of halogens is 2. The minimum Gasteiger partial charge on any atom is -0.508 e. The molecule has 5 aromatic rings. The van der Waals surface area contributed by atoms with Crippen LogP contribution in [0.3, 0.4) is 0 Å². The Hall–Kier alpha value is -4.93. The highest BCUT2D eigenvalue weighted by atomic mass is 79.9. The number of rotatable bonds is 4. The quantitative estimate of drug-likeness (QED) is 0.190.